The zero-order chi connectivity index (χ0) is 21.1. The molecule has 7 heteroatoms. The van der Waals surface area contributed by atoms with Crippen LogP contribution >= 0.6 is 0 Å². The number of fused-ring (bicyclic) bond motifs is 1. The van der Waals surface area contributed by atoms with Gasteiger partial charge in [-0.15, -0.1) is 0 Å². The molecule has 0 saturated carbocycles. The summed E-state index contributed by atoms with van der Waals surface area (Å²) in [5.41, 5.74) is 3.75. The van der Waals surface area contributed by atoms with Crippen molar-refractivity contribution in [3.8, 4) is 11.4 Å². The number of nitrogens with one attached hydrogen (secondary N) is 2. The second-order valence-electron chi connectivity index (χ2n) is 8.71. The first-order chi connectivity index (χ1) is 14.5. The molecule has 0 amide bonds. The third kappa shape index (κ3) is 4.47. The van der Waals surface area contributed by atoms with Crippen LogP contribution in [-0.4, -0.2) is 62.7 Å². The van der Waals surface area contributed by atoms with Gasteiger partial charge in [0.15, 0.2) is 5.65 Å². The average molecular weight is 408 g/mol. The topological polar surface area (TPSA) is 70.9 Å². The Morgan fingerprint density at radius 1 is 1.03 bits per heavy atom. The van der Waals surface area contributed by atoms with Crippen molar-refractivity contribution in [3.63, 3.8) is 0 Å². The van der Waals surface area contributed by atoms with Crippen LogP contribution in [0.3, 0.4) is 0 Å². The number of hydrogen-bond acceptors (Lipinski definition) is 6. The van der Waals surface area contributed by atoms with E-state index in [9.17, 15) is 0 Å². The highest BCUT2D eigenvalue weighted by atomic mass is 15.2. The highest BCUT2D eigenvalue weighted by Gasteiger charge is 2.21. The maximum Gasteiger partial charge on any atom is 0.225 e. The average Bonchev–Trinajstić information content (AvgIpc) is 3.12. The summed E-state index contributed by atoms with van der Waals surface area (Å²) in [7, 11) is 0. The maximum atomic E-state index is 4.98. The summed E-state index contributed by atoms with van der Waals surface area (Å²) in [5.74, 6) is 1.64. The Morgan fingerprint density at radius 2 is 1.77 bits per heavy atom. The summed E-state index contributed by atoms with van der Waals surface area (Å²) in [5, 5.41) is 6.93. The van der Waals surface area contributed by atoms with E-state index in [1.807, 2.05) is 13.0 Å². The second kappa shape index (κ2) is 8.70. The van der Waals surface area contributed by atoms with E-state index in [2.05, 4.69) is 65.1 Å². The van der Waals surface area contributed by atoms with Crippen LogP contribution in [0.1, 0.15) is 32.9 Å². The molecule has 1 saturated heterocycles. The molecule has 2 aromatic heterocycles. The van der Waals surface area contributed by atoms with Gasteiger partial charge in [0.05, 0.1) is 5.69 Å². The molecular formula is C23H33N7. The van der Waals surface area contributed by atoms with Crippen molar-refractivity contribution in [2.24, 2.45) is 0 Å². The lowest BCUT2D eigenvalue weighted by Gasteiger charge is -2.27. The molecule has 7 nitrogen and oxygen atoms in total. The molecule has 1 fully saturated rings. The lowest BCUT2D eigenvalue weighted by Crippen LogP contribution is -2.44. The number of anilines is 1. The molecule has 3 aromatic rings. The van der Waals surface area contributed by atoms with E-state index in [0.29, 0.717) is 5.95 Å². The predicted molar refractivity (Wildman–Crippen MR) is 123 cm³/mol. The molecule has 4 rings (SSSR count). The van der Waals surface area contributed by atoms with Crippen molar-refractivity contribution < 1.29 is 0 Å². The first-order valence-electron chi connectivity index (χ1n) is 11.0. The smallest absolute Gasteiger partial charge is 0.225 e. The standard InChI is InChI=1S/C23H33N7/c1-5-23(3,4)28-22-25-17(2)19-21(27-22)30(16-15-29-13-11-24-12-14-29)20(26-19)18-9-7-6-8-10-18/h6-10,24H,5,11-16H2,1-4H3,(H,25,27,28). The van der Waals surface area contributed by atoms with Gasteiger partial charge >= 0.3 is 0 Å². The molecule has 1 aliphatic heterocycles. The van der Waals surface area contributed by atoms with Gasteiger partial charge in [0.25, 0.3) is 0 Å². The van der Waals surface area contributed by atoms with E-state index in [-0.39, 0.29) is 5.54 Å². The third-order valence-corrected chi connectivity index (χ3v) is 5.98. The molecule has 0 radical (unpaired) electrons. The van der Waals surface area contributed by atoms with Crippen LogP contribution in [0.25, 0.3) is 22.6 Å². The number of nitrogens with zero attached hydrogens (tertiary/aromatic N) is 5. The van der Waals surface area contributed by atoms with E-state index in [1.165, 1.54) is 0 Å². The SMILES string of the molecule is CCC(C)(C)Nc1nc(C)c2nc(-c3ccccc3)n(CCN3CCNCC3)c2n1. The van der Waals surface area contributed by atoms with E-state index in [4.69, 9.17) is 15.0 Å². The van der Waals surface area contributed by atoms with Crippen LogP contribution < -0.4 is 10.6 Å². The van der Waals surface area contributed by atoms with Crippen LogP contribution in [0.2, 0.25) is 0 Å². The van der Waals surface area contributed by atoms with E-state index in [0.717, 1.165) is 73.9 Å². The van der Waals surface area contributed by atoms with Crippen LogP contribution in [0.15, 0.2) is 30.3 Å². The summed E-state index contributed by atoms with van der Waals surface area (Å²) in [6.07, 6.45) is 0.991. The minimum Gasteiger partial charge on any atom is -0.349 e. The Bertz CT molecular complexity index is 988. The van der Waals surface area contributed by atoms with Crippen molar-refractivity contribution in [2.75, 3.05) is 38.0 Å². The zero-order valence-electron chi connectivity index (χ0n) is 18.6. The summed E-state index contributed by atoms with van der Waals surface area (Å²) in [6, 6.07) is 10.4. The van der Waals surface area contributed by atoms with Gasteiger partial charge in [-0.3, -0.25) is 4.90 Å². The van der Waals surface area contributed by atoms with Crippen molar-refractivity contribution in [2.45, 2.75) is 46.2 Å². The fraction of sp³-hybridized carbons (Fsp3) is 0.522. The minimum absolute atomic E-state index is 0.0615. The quantitative estimate of drug-likeness (QED) is 0.626. The highest BCUT2D eigenvalue weighted by Crippen LogP contribution is 2.27. The zero-order valence-corrected chi connectivity index (χ0v) is 18.6. The van der Waals surface area contributed by atoms with E-state index in [1.54, 1.807) is 0 Å². The monoisotopic (exact) mass is 407 g/mol. The van der Waals surface area contributed by atoms with Gasteiger partial charge in [0.1, 0.15) is 11.3 Å². The lowest BCUT2D eigenvalue weighted by molar-refractivity contribution is 0.233. The van der Waals surface area contributed by atoms with Gasteiger partial charge in [-0.2, -0.15) is 4.98 Å². The van der Waals surface area contributed by atoms with Crippen LogP contribution in [0.4, 0.5) is 5.95 Å². The van der Waals surface area contributed by atoms with E-state index < -0.39 is 0 Å². The maximum absolute atomic E-state index is 4.98. The normalized spacial score (nSPS) is 15.6. The van der Waals surface area contributed by atoms with Gasteiger partial charge in [-0.25, -0.2) is 9.97 Å². The molecule has 0 bridgehead atoms. The number of benzene rings is 1. The number of hydrogen-bond donors (Lipinski definition) is 2. The van der Waals surface area contributed by atoms with Crippen LogP contribution in [0.5, 0.6) is 0 Å². The van der Waals surface area contributed by atoms with E-state index >= 15 is 0 Å². The highest BCUT2D eigenvalue weighted by molar-refractivity contribution is 5.80. The Balaban J connectivity index is 1.76. The van der Waals surface area contributed by atoms with Gasteiger partial charge in [-0.1, -0.05) is 37.3 Å². The Kier molecular flexibility index (Phi) is 6.01. The number of rotatable bonds is 7. The van der Waals surface area contributed by atoms with Gasteiger partial charge < -0.3 is 15.2 Å². The Labute approximate surface area is 178 Å². The Hall–Kier alpha value is -2.51. The molecule has 0 atom stereocenters. The third-order valence-electron chi connectivity index (χ3n) is 5.98. The Morgan fingerprint density at radius 3 is 2.47 bits per heavy atom. The van der Waals surface area contributed by atoms with Gasteiger partial charge in [-0.05, 0) is 27.2 Å². The number of imidazole rings is 1. The van der Waals surface area contributed by atoms with Crippen molar-refractivity contribution in [1.82, 2.24) is 29.7 Å². The molecule has 1 aromatic carbocycles. The summed E-state index contributed by atoms with van der Waals surface area (Å²) < 4.78 is 2.27. The second-order valence-corrected chi connectivity index (χ2v) is 8.71. The van der Waals surface area contributed by atoms with Crippen LogP contribution in [-0.2, 0) is 6.54 Å². The molecule has 1 aliphatic rings. The van der Waals surface area contributed by atoms with Crippen molar-refractivity contribution in [3.05, 3.63) is 36.0 Å². The number of piperazine rings is 1. The predicted octanol–water partition coefficient (Wildman–Crippen LogP) is 3.31. The molecule has 160 valence electrons. The number of aromatic nitrogens is 4. The fourth-order valence-corrected chi connectivity index (χ4v) is 3.78. The molecule has 3 heterocycles. The first-order valence-corrected chi connectivity index (χ1v) is 11.0. The largest absolute Gasteiger partial charge is 0.349 e. The summed E-state index contributed by atoms with van der Waals surface area (Å²) in [6.45, 7) is 14.7. The van der Waals surface area contributed by atoms with Gasteiger partial charge in [0, 0.05) is 50.4 Å². The molecular weight excluding hydrogens is 374 g/mol. The lowest BCUT2D eigenvalue weighted by atomic mass is 10.0. The minimum atomic E-state index is -0.0615. The van der Waals surface area contributed by atoms with Crippen LogP contribution in [0, 0.1) is 6.92 Å². The molecule has 0 unspecified atom stereocenters. The van der Waals surface area contributed by atoms with Gasteiger partial charge in [0.2, 0.25) is 5.95 Å². The summed E-state index contributed by atoms with van der Waals surface area (Å²) >= 11 is 0. The molecule has 0 spiro atoms. The molecule has 0 aliphatic carbocycles. The van der Waals surface area contributed by atoms with Crippen molar-refractivity contribution in [1.29, 1.82) is 0 Å². The fourth-order valence-electron chi connectivity index (χ4n) is 3.78. The number of aryl methyl sites for hydroxylation is 1. The molecule has 30 heavy (non-hydrogen) atoms. The summed E-state index contributed by atoms with van der Waals surface area (Å²) in [4.78, 5) is 17.1. The van der Waals surface area contributed by atoms with Crippen molar-refractivity contribution >= 4 is 17.1 Å². The molecule has 2 N–H and O–H groups in total. The first kappa shape index (κ1) is 20.8.